The number of benzene rings is 1. The van der Waals surface area contributed by atoms with Crippen molar-refractivity contribution < 1.29 is 13.6 Å². The van der Waals surface area contributed by atoms with E-state index in [1.165, 1.54) is 11.0 Å². The maximum atomic E-state index is 13.4. The second kappa shape index (κ2) is 6.90. The van der Waals surface area contributed by atoms with Gasteiger partial charge in [0.1, 0.15) is 17.6 Å². The number of rotatable bonds is 3. The van der Waals surface area contributed by atoms with E-state index in [0.717, 1.165) is 16.6 Å². The molecule has 0 fully saturated rings. The van der Waals surface area contributed by atoms with Gasteiger partial charge in [-0.05, 0) is 12.1 Å². The van der Waals surface area contributed by atoms with Gasteiger partial charge in [0.2, 0.25) is 0 Å². The number of nitrogens with two attached hydrogens (primary N) is 1. The second-order valence-corrected chi connectivity index (χ2v) is 7.02. The van der Waals surface area contributed by atoms with Crippen molar-refractivity contribution in [3.8, 4) is 0 Å². The van der Waals surface area contributed by atoms with Gasteiger partial charge < -0.3 is 15.6 Å². The van der Waals surface area contributed by atoms with Crippen LogP contribution in [0.2, 0.25) is 0 Å². The number of para-hydroxylation sites is 1. The molecule has 1 amide bonds. The van der Waals surface area contributed by atoms with Gasteiger partial charge in [-0.3, -0.25) is 9.78 Å². The van der Waals surface area contributed by atoms with E-state index in [0.29, 0.717) is 29.0 Å². The van der Waals surface area contributed by atoms with Crippen LogP contribution in [0, 0.1) is 0 Å². The fraction of sp³-hybridized carbons (Fsp3) is 0.200. The normalized spacial score (nSPS) is 16.2. The topological polar surface area (TPSA) is 106 Å². The summed E-state index contributed by atoms with van der Waals surface area (Å²) in [5, 5.41) is 4.52. The third kappa shape index (κ3) is 2.88. The largest absolute Gasteiger partial charge is 0.382 e. The lowest BCUT2D eigenvalue weighted by Gasteiger charge is -2.34. The zero-order valence-electron chi connectivity index (χ0n) is 15.7. The van der Waals surface area contributed by atoms with E-state index in [4.69, 9.17) is 10.7 Å². The smallest absolute Gasteiger partial charge is 0.334 e. The van der Waals surface area contributed by atoms with Crippen molar-refractivity contribution in [2.24, 2.45) is 0 Å². The molecule has 1 aromatic carbocycles. The van der Waals surface area contributed by atoms with Gasteiger partial charge in [-0.2, -0.15) is 13.5 Å². The maximum Gasteiger partial charge on any atom is 0.334 e. The van der Waals surface area contributed by atoms with E-state index in [2.05, 4.69) is 15.1 Å². The number of carbonyl (C=O) groups is 1. The SMILES string of the molecule is Nc1cc(C(=O)N2CCc3[nH]cnc3[C@H]2c2ccc3ccccc3n2)n(C(F)F)n1. The summed E-state index contributed by atoms with van der Waals surface area (Å²) in [6.45, 7) is -2.68. The van der Waals surface area contributed by atoms with E-state index in [1.807, 2.05) is 36.4 Å². The number of nitrogens with zero attached hydrogens (tertiary/aromatic N) is 5. The Bertz CT molecular complexity index is 1250. The summed E-state index contributed by atoms with van der Waals surface area (Å²) in [6, 6.07) is 11.9. The van der Waals surface area contributed by atoms with Gasteiger partial charge in [0.15, 0.2) is 0 Å². The molecule has 0 spiro atoms. The second-order valence-electron chi connectivity index (χ2n) is 7.02. The van der Waals surface area contributed by atoms with Gasteiger partial charge in [0.25, 0.3) is 5.91 Å². The number of hydrogen-bond acceptors (Lipinski definition) is 5. The first-order valence-corrected chi connectivity index (χ1v) is 9.35. The van der Waals surface area contributed by atoms with Crippen molar-refractivity contribution in [2.75, 3.05) is 12.3 Å². The highest BCUT2D eigenvalue weighted by Crippen LogP contribution is 2.34. The molecule has 0 bridgehead atoms. The lowest BCUT2D eigenvalue weighted by Crippen LogP contribution is -2.42. The van der Waals surface area contributed by atoms with Crippen molar-refractivity contribution in [1.82, 2.24) is 29.6 Å². The number of imidazole rings is 1. The average molecular weight is 409 g/mol. The average Bonchev–Trinajstić information content (AvgIpc) is 3.38. The highest BCUT2D eigenvalue weighted by atomic mass is 19.3. The van der Waals surface area contributed by atoms with Crippen LogP contribution in [0.1, 0.15) is 40.2 Å². The van der Waals surface area contributed by atoms with Crippen LogP contribution in [0.4, 0.5) is 14.6 Å². The number of alkyl halides is 2. The van der Waals surface area contributed by atoms with E-state index in [-0.39, 0.29) is 11.5 Å². The lowest BCUT2D eigenvalue weighted by molar-refractivity contribution is 0.0443. The zero-order valence-corrected chi connectivity index (χ0v) is 15.7. The van der Waals surface area contributed by atoms with Crippen molar-refractivity contribution >= 4 is 22.6 Å². The molecule has 4 heterocycles. The van der Waals surface area contributed by atoms with Gasteiger partial charge >= 0.3 is 6.55 Å². The summed E-state index contributed by atoms with van der Waals surface area (Å²) in [6.07, 6.45) is 2.08. The third-order valence-corrected chi connectivity index (χ3v) is 5.24. The van der Waals surface area contributed by atoms with E-state index < -0.39 is 18.5 Å². The standard InChI is InChI=1S/C20H17F2N7O/c21-20(22)29-15(9-16(23)27-29)19(30)28-8-7-13-17(25-10-24-13)18(28)14-6-5-11-3-1-2-4-12(11)26-14/h1-6,9-10,18,20H,7-8H2,(H2,23,27)(H,24,25)/t18-/m1/s1. The molecule has 0 radical (unpaired) electrons. The van der Waals surface area contributed by atoms with Crippen molar-refractivity contribution in [3.63, 3.8) is 0 Å². The molecule has 8 nitrogen and oxygen atoms in total. The summed E-state index contributed by atoms with van der Waals surface area (Å²) in [7, 11) is 0. The van der Waals surface area contributed by atoms with Gasteiger partial charge in [-0.15, -0.1) is 5.10 Å². The Morgan fingerprint density at radius 1 is 1.23 bits per heavy atom. The number of aromatic amines is 1. The molecule has 5 rings (SSSR count). The van der Waals surface area contributed by atoms with Gasteiger partial charge in [-0.1, -0.05) is 24.3 Å². The number of carbonyl (C=O) groups excluding carboxylic acids is 1. The number of aromatic nitrogens is 5. The lowest BCUT2D eigenvalue weighted by atomic mass is 9.98. The Hall–Kier alpha value is -3.82. The highest BCUT2D eigenvalue weighted by molar-refractivity contribution is 5.94. The van der Waals surface area contributed by atoms with Crippen LogP contribution in [0.25, 0.3) is 10.9 Å². The predicted molar refractivity (Wildman–Crippen MR) is 105 cm³/mol. The van der Waals surface area contributed by atoms with Crippen LogP contribution in [0.5, 0.6) is 0 Å². The summed E-state index contributed by atoms with van der Waals surface area (Å²) >= 11 is 0. The molecule has 4 aromatic rings. The van der Waals surface area contributed by atoms with Crippen LogP contribution >= 0.6 is 0 Å². The number of anilines is 1. The molecule has 30 heavy (non-hydrogen) atoms. The molecule has 1 atom stereocenters. The molecule has 1 aliphatic heterocycles. The molecule has 152 valence electrons. The third-order valence-electron chi connectivity index (χ3n) is 5.24. The Balaban J connectivity index is 1.63. The molecule has 0 unspecified atom stereocenters. The summed E-state index contributed by atoms with van der Waals surface area (Å²) < 4.78 is 27.1. The first kappa shape index (κ1) is 18.2. The zero-order chi connectivity index (χ0) is 20.8. The number of halogens is 2. The summed E-state index contributed by atoms with van der Waals surface area (Å²) in [5.74, 6) is -0.746. The number of fused-ring (bicyclic) bond motifs is 2. The first-order chi connectivity index (χ1) is 14.5. The van der Waals surface area contributed by atoms with E-state index >= 15 is 0 Å². The molecular weight excluding hydrogens is 392 g/mol. The molecule has 0 saturated carbocycles. The summed E-state index contributed by atoms with van der Waals surface area (Å²) in [5.41, 5.74) is 8.23. The van der Waals surface area contributed by atoms with Crippen LogP contribution in [0.15, 0.2) is 48.8 Å². The number of hydrogen-bond donors (Lipinski definition) is 2. The fourth-order valence-electron chi connectivity index (χ4n) is 3.90. The molecule has 0 saturated heterocycles. The minimum Gasteiger partial charge on any atom is -0.382 e. The van der Waals surface area contributed by atoms with Gasteiger partial charge in [0, 0.05) is 30.1 Å². The maximum absolute atomic E-state index is 13.4. The minimum absolute atomic E-state index is 0.142. The molecule has 1 aliphatic rings. The van der Waals surface area contributed by atoms with E-state index in [1.54, 1.807) is 6.33 Å². The van der Waals surface area contributed by atoms with Gasteiger partial charge in [0.05, 0.1) is 23.2 Å². The number of nitrogens with one attached hydrogen (secondary N) is 1. The monoisotopic (exact) mass is 409 g/mol. The van der Waals surface area contributed by atoms with Crippen LogP contribution in [0.3, 0.4) is 0 Å². The Kier molecular flexibility index (Phi) is 4.19. The van der Waals surface area contributed by atoms with Crippen LogP contribution in [-0.2, 0) is 6.42 Å². The molecule has 3 N–H and O–H groups in total. The van der Waals surface area contributed by atoms with Crippen molar-refractivity contribution in [2.45, 2.75) is 19.0 Å². The first-order valence-electron chi connectivity index (χ1n) is 9.35. The fourth-order valence-corrected chi connectivity index (χ4v) is 3.90. The number of nitrogen functional groups attached to an aromatic ring is 1. The summed E-state index contributed by atoms with van der Waals surface area (Å²) in [4.78, 5) is 27.0. The Morgan fingerprint density at radius 3 is 2.90 bits per heavy atom. The minimum atomic E-state index is -2.98. The number of amides is 1. The van der Waals surface area contributed by atoms with Crippen LogP contribution in [-0.4, -0.2) is 42.1 Å². The van der Waals surface area contributed by atoms with Crippen molar-refractivity contribution in [1.29, 1.82) is 0 Å². The molecule has 10 heteroatoms. The molecule has 3 aromatic heterocycles. The van der Waals surface area contributed by atoms with Crippen molar-refractivity contribution in [3.05, 3.63) is 71.6 Å². The van der Waals surface area contributed by atoms with Crippen LogP contribution < -0.4 is 5.73 Å². The van der Waals surface area contributed by atoms with E-state index in [9.17, 15) is 13.6 Å². The number of pyridine rings is 1. The Morgan fingerprint density at radius 2 is 2.07 bits per heavy atom. The quantitative estimate of drug-likeness (QED) is 0.541. The molecular formula is C20H17F2N7O. The molecule has 0 aliphatic carbocycles. The highest BCUT2D eigenvalue weighted by Gasteiger charge is 2.37. The predicted octanol–water partition coefficient (Wildman–Crippen LogP) is 2.92. The number of H-pyrrole nitrogens is 1. The Labute approximate surface area is 169 Å². The van der Waals surface area contributed by atoms with Gasteiger partial charge in [-0.25, -0.2) is 4.98 Å².